The van der Waals surface area contributed by atoms with Crippen molar-refractivity contribution in [1.29, 1.82) is 0 Å². The minimum atomic E-state index is -0.438. The largest absolute Gasteiger partial charge is 0.494 e. The highest BCUT2D eigenvalue weighted by molar-refractivity contribution is 9.10. The van der Waals surface area contributed by atoms with Crippen LogP contribution in [0.4, 0.5) is 0 Å². The van der Waals surface area contributed by atoms with Gasteiger partial charge in [0, 0.05) is 16.6 Å². The number of hydrogen-bond donors (Lipinski definition) is 2. The summed E-state index contributed by atoms with van der Waals surface area (Å²) in [4.78, 5) is 16.6. The van der Waals surface area contributed by atoms with Crippen LogP contribution in [0.1, 0.15) is 17.5 Å². The van der Waals surface area contributed by atoms with Crippen LogP contribution in [0, 0.1) is 0 Å². The van der Waals surface area contributed by atoms with E-state index in [1.54, 1.807) is 4.68 Å². The van der Waals surface area contributed by atoms with Gasteiger partial charge in [-0.3, -0.25) is 4.79 Å². The lowest BCUT2D eigenvalue weighted by Crippen LogP contribution is -2.27. The summed E-state index contributed by atoms with van der Waals surface area (Å²) in [5.41, 5.74) is 1.57. The van der Waals surface area contributed by atoms with Gasteiger partial charge in [-0.05, 0) is 43.3 Å². The number of aliphatic hydroxyl groups is 1. The number of rotatable bonds is 7. The summed E-state index contributed by atoms with van der Waals surface area (Å²) in [6, 6.07) is 15.0. The molecule has 27 heavy (non-hydrogen) atoms. The number of aliphatic hydroxyl groups excluding tert-OH is 1. The number of halogens is 1. The lowest BCUT2D eigenvalue weighted by atomic mass is 10.2. The first-order valence-electron chi connectivity index (χ1n) is 8.47. The molecule has 0 spiro atoms. The van der Waals surface area contributed by atoms with Crippen LogP contribution in [-0.4, -0.2) is 45.5 Å². The van der Waals surface area contributed by atoms with Gasteiger partial charge in [0.1, 0.15) is 5.75 Å². The molecule has 3 aromatic rings. The van der Waals surface area contributed by atoms with Crippen LogP contribution in [0.5, 0.6) is 5.75 Å². The highest BCUT2D eigenvalue weighted by atomic mass is 79.9. The predicted molar refractivity (Wildman–Crippen MR) is 105 cm³/mol. The molecule has 0 fully saturated rings. The molecule has 1 amide bonds. The first-order valence-corrected chi connectivity index (χ1v) is 9.27. The molecular formula is C19H19BrN4O3. The van der Waals surface area contributed by atoms with Crippen molar-refractivity contribution in [3.05, 3.63) is 58.8 Å². The summed E-state index contributed by atoms with van der Waals surface area (Å²) < 4.78 is 8.04. The number of aromatic nitrogens is 3. The number of amides is 1. The van der Waals surface area contributed by atoms with Gasteiger partial charge in [-0.25, -0.2) is 9.67 Å². The molecule has 0 aliphatic carbocycles. The molecule has 0 atom stereocenters. The normalized spacial score (nSPS) is 10.6. The number of nitrogens with one attached hydrogen (secondary N) is 1. The van der Waals surface area contributed by atoms with Crippen molar-refractivity contribution >= 4 is 21.8 Å². The van der Waals surface area contributed by atoms with E-state index < -0.39 is 5.91 Å². The molecule has 0 bridgehead atoms. The molecule has 0 saturated carbocycles. The molecule has 0 saturated heterocycles. The minimum Gasteiger partial charge on any atom is -0.494 e. The molecular weight excluding hydrogens is 412 g/mol. The van der Waals surface area contributed by atoms with Crippen LogP contribution in [-0.2, 0) is 0 Å². The van der Waals surface area contributed by atoms with Crippen LogP contribution in [0.3, 0.4) is 0 Å². The Kier molecular flexibility index (Phi) is 6.20. The molecule has 3 rings (SSSR count). The number of carbonyl (C=O) groups excluding carboxylic acids is 1. The van der Waals surface area contributed by atoms with Crippen molar-refractivity contribution in [2.45, 2.75) is 6.92 Å². The molecule has 0 aliphatic rings. The van der Waals surface area contributed by atoms with Crippen LogP contribution in [0.2, 0.25) is 0 Å². The Labute approximate surface area is 165 Å². The summed E-state index contributed by atoms with van der Waals surface area (Å²) in [6.45, 7) is 2.51. The van der Waals surface area contributed by atoms with E-state index in [-0.39, 0.29) is 19.0 Å². The Bertz CT molecular complexity index is 908. The third-order valence-electron chi connectivity index (χ3n) is 3.70. The van der Waals surface area contributed by atoms with Crippen molar-refractivity contribution in [2.24, 2.45) is 0 Å². The van der Waals surface area contributed by atoms with Gasteiger partial charge in [-0.15, -0.1) is 5.10 Å². The van der Waals surface area contributed by atoms with E-state index in [0.717, 1.165) is 21.5 Å². The molecule has 0 radical (unpaired) electrons. The maximum atomic E-state index is 12.2. The van der Waals surface area contributed by atoms with Gasteiger partial charge < -0.3 is 15.2 Å². The van der Waals surface area contributed by atoms with Crippen molar-refractivity contribution < 1.29 is 14.6 Å². The molecule has 7 nitrogen and oxygen atoms in total. The highest BCUT2D eigenvalue weighted by Gasteiger charge is 2.18. The zero-order valence-corrected chi connectivity index (χ0v) is 16.3. The second kappa shape index (κ2) is 8.79. The van der Waals surface area contributed by atoms with E-state index in [4.69, 9.17) is 9.84 Å². The molecule has 1 aromatic heterocycles. The highest BCUT2D eigenvalue weighted by Crippen LogP contribution is 2.24. The monoisotopic (exact) mass is 430 g/mol. The van der Waals surface area contributed by atoms with Crippen molar-refractivity contribution in [2.75, 3.05) is 19.8 Å². The van der Waals surface area contributed by atoms with Crippen LogP contribution in [0.25, 0.3) is 17.1 Å². The summed E-state index contributed by atoms with van der Waals surface area (Å²) in [7, 11) is 0. The van der Waals surface area contributed by atoms with E-state index >= 15 is 0 Å². The number of ether oxygens (including phenoxy) is 1. The van der Waals surface area contributed by atoms with Gasteiger partial charge in [-0.2, -0.15) is 0 Å². The van der Waals surface area contributed by atoms with E-state index in [9.17, 15) is 4.79 Å². The zero-order valence-electron chi connectivity index (χ0n) is 14.7. The molecule has 8 heteroatoms. The average molecular weight is 431 g/mol. The fourth-order valence-corrected chi connectivity index (χ4v) is 2.74. The topological polar surface area (TPSA) is 89.3 Å². The minimum absolute atomic E-state index is 0.0373. The summed E-state index contributed by atoms with van der Waals surface area (Å²) in [5, 5.41) is 15.8. The fraction of sp³-hybridized carbons (Fsp3) is 0.211. The second-order valence-corrected chi connectivity index (χ2v) is 6.50. The van der Waals surface area contributed by atoms with Crippen LogP contribution in [0.15, 0.2) is 53.0 Å². The predicted octanol–water partition coefficient (Wildman–Crippen LogP) is 2.82. The molecule has 0 unspecified atom stereocenters. The number of carbonyl (C=O) groups is 1. The molecule has 1 heterocycles. The fourth-order valence-electron chi connectivity index (χ4n) is 2.47. The first-order chi connectivity index (χ1) is 13.1. The number of benzene rings is 2. The lowest BCUT2D eigenvalue weighted by Gasteiger charge is -2.08. The van der Waals surface area contributed by atoms with Crippen molar-refractivity contribution in [1.82, 2.24) is 20.1 Å². The number of hydrogen-bond acceptors (Lipinski definition) is 5. The van der Waals surface area contributed by atoms with Gasteiger partial charge >= 0.3 is 0 Å². The Hall–Kier alpha value is -2.71. The summed E-state index contributed by atoms with van der Waals surface area (Å²) in [5.74, 6) is 0.899. The van der Waals surface area contributed by atoms with Gasteiger partial charge in [0.15, 0.2) is 5.82 Å². The molecule has 0 aliphatic heterocycles. The maximum Gasteiger partial charge on any atom is 0.291 e. The SMILES string of the molecule is CCOc1ccc(-n2nc(C(=O)NCCO)nc2-c2ccc(Br)cc2)cc1. The molecule has 2 N–H and O–H groups in total. The number of nitrogens with zero attached hydrogens (tertiary/aromatic N) is 3. The first kappa shape index (κ1) is 19.1. The Morgan fingerprint density at radius 2 is 1.89 bits per heavy atom. The third-order valence-corrected chi connectivity index (χ3v) is 4.23. The van der Waals surface area contributed by atoms with E-state index in [0.29, 0.717) is 12.4 Å². The lowest BCUT2D eigenvalue weighted by molar-refractivity contribution is 0.0934. The summed E-state index contributed by atoms with van der Waals surface area (Å²) in [6.07, 6.45) is 0. The quantitative estimate of drug-likeness (QED) is 0.601. The van der Waals surface area contributed by atoms with Gasteiger partial charge in [-0.1, -0.05) is 28.1 Å². The summed E-state index contributed by atoms with van der Waals surface area (Å²) >= 11 is 3.42. The van der Waals surface area contributed by atoms with Gasteiger partial charge in [0.2, 0.25) is 5.82 Å². The molecule has 140 valence electrons. The van der Waals surface area contributed by atoms with E-state index in [1.807, 2.05) is 55.5 Å². The Morgan fingerprint density at radius 1 is 1.19 bits per heavy atom. The second-order valence-electron chi connectivity index (χ2n) is 5.58. The van der Waals surface area contributed by atoms with E-state index in [1.165, 1.54) is 0 Å². The van der Waals surface area contributed by atoms with Crippen molar-refractivity contribution in [3.63, 3.8) is 0 Å². The average Bonchev–Trinajstić information content (AvgIpc) is 3.13. The smallest absolute Gasteiger partial charge is 0.291 e. The van der Waals surface area contributed by atoms with Gasteiger partial charge in [0.05, 0.1) is 18.9 Å². The standard InChI is InChI=1S/C19H19BrN4O3/c1-2-27-16-9-7-15(8-10-16)24-18(13-3-5-14(20)6-4-13)22-17(23-24)19(26)21-11-12-25/h3-10,25H,2,11-12H2,1H3,(H,21,26). The van der Waals surface area contributed by atoms with E-state index in [2.05, 4.69) is 31.3 Å². The Morgan fingerprint density at radius 3 is 2.52 bits per heavy atom. The third kappa shape index (κ3) is 4.53. The van der Waals surface area contributed by atoms with Crippen molar-refractivity contribution in [3.8, 4) is 22.8 Å². The van der Waals surface area contributed by atoms with Crippen LogP contribution >= 0.6 is 15.9 Å². The van der Waals surface area contributed by atoms with Gasteiger partial charge in [0.25, 0.3) is 5.91 Å². The maximum absolute atomic E-state index is 12.2. The van der Waals surface area contributed by atoms with Crippen LogP contribution < -0.4 is 10.1 Å². The zero-order chi connectivity index (χ0) is 19.2. The molecule has 2 aromatic carbocycles. The Balaban J connectivity index is 2.02.